The molecule has 74 valence electrons. The van der Waals surface area contributed by atoms with Gasteiger partial charge in [0.05, 0.1) is 6.54 Å². The Hall–Kier alpha value is -1.48. The van der Waals surface area contributed by atoms with Gasteiger partial charge in [-0.15, -0.1) is 0 Å². The average molecular weight is 190 g/mol. The number of aromatic amines is 1. The lowest BCUT2D eigenvalue weighted by molar-refractivity contribution is 0.462. The van der Waals surface area contributed by atoms with Crippen LogP contribution in [0.4, 0.5) is 0 Å². The van der Waals surface area contributed by atoms with Crippen molar-refractivity contribution in [2.24, 2.45) is 0 Å². The highest BCUT2D eigenvalue weighted by Gasteiger charge is 2.02. The largest absolute Gasteiger partial charge is 0.464 e. The van der Waals surface area contributed by atoms with Crippen molar-refractivity contribution in [2.75, 3.05) is 7.05 Å². The summed E-state index contributed by atoms with van der Waals surface area (Å²) in [4.78, 5) is 3.03. The highest BCUT2D eigenvalue weighted by atomic mass is 16.3. The average Bonchev–Trinajstić information content (AvgIpc) is 2.79. The summed E-state index contributed by atoms with van der Waals surface area (Å²) in [5, 5.41) is 3.06. The second-order valence-corrected chi connectivity index (χ2v) is 3.29. The van der Waals surface area contributed by atoms with Gasteiger partial charge in [0.1, 0.15) is 11.5 Å². The van der Waals surface area contributed by atoms with Crippen molar-refractivity contribution in [3.63, 3.8) is 0 Å². The summed E-state index contributed by atoms with van der Waals surface area (Å²) in [6.07, 6.45) is 4.76. The molecule has 3 nitrogen and oxygen atoms in total. The van der Waals surface area contributed by atoms with E-state index in [9.17, 15) is 0 Å². The maximum Gasteiger partial charge on any atom is 0.117 e. The van der Waals surface area contributed by atoms with E-state index in [1.54, 1.807) is 0 Å². The zero-order valence-electron chi connectivity index (χ0n) is 8.21. The molecule has 2 rings (SSSR count). The standard InChI is InChI=1S/C11H14N2O/c1-12-8-11-3-2-10(14-11)6-9-4-5-13-7-9/h2-5,7,12-13H,6,8H2,1H3. The molecule has 0 atom stereocenters. The summed E-state index contributed by atoms with van der Waals surface area (Å²) >= 11 is 0. The second kappa shape index (κ2) is 4.15. The van der Waals surface area contributed by atoms with Crippen LogP contribution in [-0.2, 0) is 13.0 Å². The summed E-state index contributed by atoms with van der Waals surface area (Å²) in [5.41, 5.74) is 1.25. The van der Waals surface area contributed by atoms with Gasteiger partial charge in [-0.1, -0.05) is 0 Å². The molecule has 0 spiro atoms. The first kappa shape index (κ1) is 9.09. The highest BCUT2D eigenvalue weighted by molar-refractivity contribution is 5.18. The van der Waals surface area contributed by atoms with E-state index >= 15 is 0 Å². The van der Waals surface area contributed by atoms with Crippen LogP contribution in [-0.4, -0.2) is 12.0 Å². The van der Waals surface area contributed by atoms with Crippen LogP contribution in [0.2, 0.25) is 0 Å². The number of furan rings is 1. The first-order valence-corrected chi connectivity index (χ1v) is 4.72. The smallest absolute Gasteiger partial charge is 0.117 e. The Labute approximate surface area is 83.1 Å². The van der Waals surface area contributed by atoms with Crippen molar-refractivity contribution >= 4 is 0 Å². The van der Waals surface area contributed by atoms with Gasteiger partial charge in [0.2, 0.25) is 0 Å². The quantitative estimate of drug-likeness (QED) is 0.773. The molecule has 2 aromatic heterocycles. The normalized spacial score (nSPS) is 10.6. The second-order valence-electron chi connectivity index (χ2n) is 3.29. The van der Waals surface area contributed by atoms with Crippen LogP contribution in [0.25, 0.3) is 0 Å². The Bertz CT molecular complexity index is 376. The third kappa shape index (κ3) is 2.06. The van der Waals surface area contributed by atoms with Crippen molar-refractivity contribution in [1.29, 1.82) is 0 Å². The summed E-state index contributed by atoms with van der Waals surface area (Å²) in [5.74, 6) is 1.99. The van der Waals surface area contributed by atoms with Gasteiger partial charge in [0, 0.05) is 18.8 Å². The van der Waals surface area contributed by atoms with Gasteiger partial charge >= 0.3 is 0 Å². The molecule has 2 N–H and O–H groups in total. The molecule has 0 aromatic carbocycles. The third-order valence-corrected chi connectivity index (χ3v) is 2.11. The Morgan fingerprint density at radius 2 is 2.14 bits per heavy atom. The summed E-state index contributed by atoms with van der Waals surface area (Å²) in [6.45, 7) is 0.785. The lowest BCUT2D eigenvalue weighted by Crippen LogP contribution is -2.03. The fraction of sp³-hybridized carbons (Fsp3) is 0.273. The van der Waals surface area contributed by atoms with Crippen LogP contribution in [0, 0.1) is 0 Å². The van der Waals surface area contributed by atoms with Gasteiger partial charge in [0.25, 0.3) is 0 Å². The van der Waals surface area contributed by atoms with Gasteiger partial charge in [-0.05, 0) is 30.8 Å². The molecule has 0 saturated heterocycles. The number of H-pyrrole nitrogens is 1. The van der Waals surface area contributed by atoms with Gasteiger partial charge < -0.3 is 14.7 Å². The van der Waals surface area contributed by atoms with Crippen LogP contribution >= 0.6 is 0 Å². The van der Waals surface area contributed by atoms with Crippen molar-refractivity contribution in [3.8, 4) is 0 Å². The van der Waals surface area contributed by atoms with Crippen molar-refractivity contribution in [3.05, 3.63) is 47.7 Å². The zero-order valence-corrected chi connectivity index (χ0v) is 8.21. The number of aromatic nitrogens is 1. The van der Waals surface area contributed by atoms with Crippen molar-refractivity contribution in [1.82, 2.24) is 10.3 Å². The van der Waals surface area contributed by atoms with Gasteiger partial charge in [-0.25, -0.2) is 0 Å². The molecule has 3 heteroatoms. The minimum atomic E-state index is 0.785. The number of hydrogen-bond donors (Lipinski definition) is 2. The first-order valence-electron chi connectivity index (χ1n) is 4.72. The summed E-state index contributed by atoms with van der Waals surface area (Å²) < 4.78 is 5.62. The molecule has 0 unspecified atom stereocenters. The molecule has 0 amide bonds. The Morgan fingerprint density at radius 3 is 2.86 bits per heavy atom. The monoisotopic (exact) mass is 190 g/mol. The Balaban J connectivity index is 2.03. The van der Waals surface area contributed by atoms with E-state index in [0.29, 0.717) is 0 Å². The van der Waals surface area contributed by atoms with E-state index in [-0.39, 0.29) is 0 Å². The molecule has 0 aliphatic rings. The third-order valence-electron chi connectivity index (χ3n) is 2.11. The molecule has 0 fully saturated rings. The van der Waals surface area contributed by atoms with Crippen LogP contribution in [0.15, 0.2) is 35.0 Å². The van der Waals surface area contributed by atoms with E-state index in [2.05, 4.69) is 16.4 Å². The van der Waals surface area contributed by atoms with E-state index in [0.717, 1.165) is 24.5 Å². The van der Waals surface area contributed by atoms with Crippen LogP contribution < -0.4 is 5.32 Å². The predicted molar refractivity (Wildman–Crippen MR) is 55.1 cm³/mol. The predicted octanol–water partition coefficient (Wildman–Crippen LogP) is 1.92. The topological polar surface area (TPSA) is 41.0 Å². The number of nitrogens with one attached hydrogen (secondary N) is 2. The molecule has 2 heterocycles. The maximum absolute atomic E-state index is 5.62. The van der Waals surface area contributed by atoms with Crippen LogP contribution in [0.1, 0.15) is 17.1 Å². The van der Waals surface area contributed by atoms with Crippen LogP contribution in [0.3, 0.4) is 0 Å². The molecular formula is C11H14N2O. The molecule has 0 radical (unpaired) electrons. The SMILES string of the molecule is CNCc1ccc(Cc2cc[nH]c2)o1. The number of rotatable bonds is 4. The minimum Gasteiger partial charge on any atom is -0.464 e. The van der Waals surface area contributed by atoms with Gasteiger partial charge in [-0.2, -0.15) is 0 Å². The highest BCUT2D eigenvalue weighted by Crippen LogP contribution is 2.12. The summed E-state index contributed by atoms with van der Waals surface area (Å²) in [7, 11) is 1.91. The molecule has 2 aromatic rings. The molecule has 0 aliphatic carbocycles. The molecule has 0 bridgehead atoms. The molecule has 14 heavy (non-hydrogen) atoms. The Morgan fingerprint density at radius 1 is 1.29 bits per heavy atom. The maximum atomic E-state index is 5.62. The lowest BCUT2D eigenvalue weighted by Gasteiger charge is -1.94. The fourth-order valence-electron chi connectivity index (χ4n) is 1.46. The van der Waals surface area contributed by atoms with Gasteiger partial charge in [-0.3, -0.25) is 0 Å². The molecule has 0 aliphatic heterocycles. The van der Waals surface area contributed by atoms with E-state index in [1.165, 1.54) is 5.56 Å². The van der Waals surface area contributed by atoms with Crippen LogP contribution in [0.5, 0.6) is 0 Å². The summed E-state index contributed by atoms with van der Waals surface area (Å²) in [6, 6.07) is 6.10. The number of hydrogen-bond acceptors (Lipinski definition) is 2. The minimum absolute atomic E-state index is 0.785. The Kier molecular flexibility index (Phi) is 2.70. The fourth-order valence-corrected chi connectivity index (χ4v) is 1.46. The molecule has 0 saturated carbocycles. The van der Waals surface area contributed by atoms with Gasteiger partial charge in [0.15, 0.2) is 0 Å². The van der Waals surface area contributed by atoms with E-state index in [4.69, 9.17) is 4.42 Å². The van der Waals surface area contributed by atoms with Crippen molar-refractivity contribution in [2.45, 2.75) is 13.0 Å². The molecular weight excluding hydrogens is 176 g/mol. The van der Waals surface area contributed by atoms with Crippen molar-refractivity contribution < 1.29 is 4.42 Å². The van der Waals surface area contributed by atoms with E-state index < -0.39 is 0 Å². The zero-order chi connectivity index (χ0) is 9.80. The first-order chi connectivity index (χ1) is 6.88. The lowest BCUT2D eigenvalue weighted by atomic mass is 10.2. The van der Waals surface area contributed by atoms with E-state index in [1.807, 2.05) is 31.6 Å².